The van der Waals surface area contributed by atoms with Crippen LogP contribution >= 0.6 is 22.9 Å². The number of nitrogens with zero attached hydrogens (tertiary/aromatic N) is 2. The molecule has 7 heteroatoms. The number of benzene rings is 1. The number of thiazole rings is 1. The Morgan fingerprint density at radius 2 is 2.07 bits per heavy atom. The molecule has 5 nitrogen and oxygen atoms in total. The maximum Gasteiger partial charge on any atom is 0.265 e. The highest BCUT2D eigenvalue weighted by atomic mass is 35.5. The first-order valence-electron chi connectivity index (χ1n) is 9.30. The molecule has 1 aliphatic rings. The summed E-state index contributed by atoms with van der Waals surface area (Å²) in [5.74, 6) is 0.122. The van der Waals surface area contributed by atoms with E-state index >= 15 is 0 Å². The Morgan fingerprint density at radius 1 is 1.33 bits per heavy atom. The monoisotopic (exact) mass is 405 g/mol. The van der Waals surface area contributed by atoms with E-state index in [1.165, 1.54) is 11.3 Å². The van der Waals surface area contributed by atoms with Gasteiger partial charge in [-0.05, 0) is 38.3 Å². The molecule has 1 aromatic heterocycles. The summed E-state index contributed by atoms with van der Waals surface area (Å²) < 4.78 is 0. The Hall–Kier alpha value is -1.92. The fourth-order valence-electron chi connectivity index (χ4n) is 3.22. The maximum absolute atomic E-state index is 13.0. The van der Waals surface area contributed by atoms with Gasteiger partial charge < -0.3 is 10.2 Å². The Bertz CT molecular complexity index is 828. The second kappa shape index (κ2) is 8.85. The van der Waals surface area contributed by atoms with Crippen molar-refractivity contribution < 1.29 is 9.59 Å². The van der Waals surface area contributed by atoms with Crippen LogP contribution in [0.1, 0.15) is 41.6 Å². The van der Waals surface area contributed by atoms with Gasteiger partial charge in [0.1, 0.15) is 9.88 Å². The minimum absolute atomic E-state index is 0.00480. The zero-order chi connectivity index (χ0) is 19.4. The number of halogens is 1. The summed E-state index contributed by atoms with van der Waals surface area (Å²) in [5, 5.41) is 4.40. The van der Waals surface area contributed by atoms with Crippen LogP contribution < -0.4 is 5.32 Å². The van der Waals surface area contributed by atoms with Gasteiger partial charge in [-0.3, -0.25) is 9.59 Å². The van der Waals surface area contributed by atoms with Crippen molar-refractivity contribution in [3.05, 3.63) is 39.9 Å². The molecular weight excluding hydrogens is 382 g/mol. The highest BCUT2D eigenvalue weighted by molar-refractivity contribution is 7.17. The van der Waals surface area contributed by atoms with E-state index in [1.54, 1.807) is 0 Å². The lowest BCUT2D eigenvalue weighted by atomic mass is 9.95. The van der Waals surface area contributed by atoms with Crippen molar-refractivity contribution in [2.45, 2.75) is 33.1 Å². The molecule has 0 atom stereocenters. The average molecular weight is 406 g/mol. The van der Waals surface area contributed by atoms with E-state index in [0.29, 0.717) is 42.4 Å². The van der Waals surface area contributed by atoms with E-state index in [1.807, 2.05) is 43.0 Å². The lowest BCUT2D eigenvalue weighted by molar-refractivity contribution is -0.126. The van der Waals surface area contributed by atoms with Crippen molar-refractivity contribution in [1.82, 2.24) is 15.2 Å². The molecule has 2 heterocycles. The number of carbonyl (C=O) groups excluding carboxylic acids is 2. The standard InChI is InChI=1S/C20H24ClN3O2S/c1-3-9-22-18(25)14-7-10-24(11-8-14)20(26)17-13(2)23-19(27-17)15-5-4-6-16(21)12-15/h4-6,12,14H,3,7-11H2,1-2H3,(H,22,25). The van der Waals surface area contributed by atoms with Gasteiger partial charge in [-0.15, -0.1) is 11.3 Å². The van der Waals surface area contributed by atoms with E-state index < -0.39 is 0 Å². The third kappa shape index (κ3) is 4.68. The number of aryl methyl sites for hydroxylation is 1. The average Bonchev–Trinajstić information content (AvgIpc) is 3.07. The van der Waals surface area contributed by atoms with Gasteiger partial charge in [-0.2, -0.15) is 0 Å². The van der Waals surface area contributed by atoms with Crippen LogP contribution in [0.3, 0.4) is 0 Å². The van der Waals surface area contributed by atoms with Crippen molar-refractivity contribution in [3.63, 3.8) is 0 Å². The molecule has 0 bridgehead atoms. The third-order valence-corrected chi connectivity index (χ3v) is 6.19. The van der Waals surface area contributed by atoms with E-state index in [4.69, 9.17) is 11.6 Å². The Morgan fingerprint density at radius 3 is 2.74 bits per heavy atom. The predicted octanol–water partition coefficient (Wildman–Crippen LogP) is 4.15. The molecule has 0 spiro atoms. The van der Waals surface area contributed by atoms with Gasteiger partial charge in [0.25, 0.3) is 5.91 Å². The fourth-order valence-corrected chi connectivity index (χ4v) is 4.44. The zero-order valence-corrected chi connectivity index (χ0v) is 17.2. The van der Waals surface area contributed by atoms with Gasteiger partial charge >= 0.3 is 0 Å². The molecule has 2 amide bonds. The van der Waals surface area contributed by atoms with Gasteiger partial charge in [-0.1, -0.05) is 30.7 Å². The number of aromatic nitrogens is 1. The van der Waals surface area contributed by atoms with Crippen molar-refractivity contribution in [2.24, 2.45) is 5.92 Å². The summed E-state index contributed by atoms with van der Waals surface area (Å²) in [5.41, 5.74) is 1.66. The summed E-state index contributed by atoms with van der Waals surface area (Å²) in [7, 11) is 0. The first-order valence-corrected chi connectivity index (χ1v) is 10.5. The minimum Gasteiger partial charge on any atom is -0.356 e. The Balaban J connectivity index is 1.66. The van der Waals surface area contributed by atoms with Crippen LogP contribution in [0.4, 0.5) is 0 Å². The quantitative estimate of drug-likeness (QED) is 0.812. The van der Waals surface area contributed by atoms with Gasteiger partial charge in [0.2, 0.25) is 5.91 Å². The Kier molecular flexibility index (Phi) is 6.50. The van der Waals surface area contributed by atoms with Crippen LogP contribution in [-0.2, 0) is 4.79 Å². The van der Waals surface area contributed by atoms with Crippen LogP contribution in [0.25, 0.3) is 10.6 Å². The number of hydrogen-bond donors (Lipinski definition) is 1. The summed E-state index contributed by atoms with van der Waals surface area (Å²) in [6, 6.07) is 7.50. The van der Waals surface area contributed by atoms with Gasteiger partial charge in [0.05, 0.1) is 5.69 Å². The number of amides is 2. The number of carbonyl (C=O) groups is 2. The largest absolute Gasteiger partial charge is 0.356 e. The Labute approximate surface area is 168 Å². The van der Waals surface area contributed by atoms with Gasteiger partial charge in [0.15, 0.2) is 0 Å². The van der Waals surface area contributed by atoms with Crippen LogP contribution in [0.5, 0.6) is 0 Å². The summed E-state index contributed by atoms with van der Waals surface area (Å²) in [6.07, 6.45) is 2.35. The predicted molar refractivity (Wildman–Crippen MR) is 109 cm³/mol. The van der Waals surface area contributed by atoms with E-state index in [9.17, 15) is 9.59 Å². The van der Waals surface area contributed by atoms with E-state index in [2.05, 4.69) is 10.3 Å². The fraction of sp³-hybridized carbons (Fsp3) is 0.450. The van der Waals surface area contributed by atoms with Gasteiger partial charge in [-0.25, -0.2) is 4.98 Å². The highest BCUT2D eigenvalue weighted by Gasteiger charge is 2.29. The molecule has 27 heavy (non-hydrogen) atoms. The van der Waals surface area contributed by atoms with Gasteiger partial charge in [0, 0.05) is 36.1 Å². The molecule has 1 aliphatic heterocycles. The zero-order valence-electron chi connectivity index (χ0n) is 15.6. The van der Waals surface area contributed by atoms with Crippen LogP contribution in [0.15, 0.2) is 24.3 Å². The first-order chi connectivity index (χ1) is 13.0. The molecular formula is C20H24ClN3O2S. The lowest BCUT2D eigenvalue weighted by Gasteiger charge is -2.31. The second-order valence-corrected chi connectivity index (χ2v) is 8.24. The maximum atomic E-state index is 13.0. The van der Waals surface area contributed by atoms with E-state index in [0.717, 1.165) is 22.7 Å². The number of piperidine rings is 1. The molecule has 1 N–H and O–H groups in total. The lowest BCUT2D eigenvalue weighted by Crippen LogP contribution is -2.43. The number of likely N-dealkylation sites (tertiary alicyclic amines) is 1. The normalized spacial score (nSPS) is 15.0. The molecule has 0 saturated carbocycles. The van der Waals surface area contributed by atoms with Crippen molar-refractivity contribution in [1.29, 1.82) is 0 Å². The van der Waals surface area contributed by atoms with Crippen molar-refractivity contribution in [3.8, 4) is 10.6 Å². The molecule has 0 radical (unpaired) electrons. The molecule has 0 unspecified atom stereocenters. The molecule has 0 aliphatic carbocycles. The topological polar surface area (TPSA) is 62.3 Å². The second-order valence-electron chi connectivity index (χ2n) is 6.80. The molecule has 1 saturated heterocycles. The summed E-state index contributed by atoms with van der Waals surface area (Å²) in [6.45, 7) is 5.82. The number of hydrogen-bond acceptors (Lipinski definition) is 4. The molecule has 2 aromatic rings. The van der Waals surface area contributed by atoms with E-state index in [-0.39, 0.29) is 17.7 Å². The number of rotatable bonds is 5. The third-order valence-electron chi connectivity index (χ3n) is 4.76. The molecule has 3 rings (SSSR count). The van der Waals surface area contributed by atoms with Crippen LogP contribution in [0, 0.1) is 12.8 Å². The smallest absolute Gasteiger partial charge is 0.265 e. The van der Waals surface area contributed by atoms with Crippen LogP contribution in [-0.4, -0.2) is 41.3 Å². The first kappa shape index (κ1) is 19.8. The SMILES string of the molecule is CCCNC(=O)C1CCN(C(=O)c2sc(-c3cccc(Cl)c3)nc2C)CC1. The minimum atomic E-state index is 0.00480. The molecule has 144 valence electrons. The van der Waals surface area contributed by atoms with Crippen LogP contribution in [0.2, 0.25) is 5.02 Å². The molecule has 1 fully saturated rings. The number of nitrogens with one attached hydrogen (secondary N) is 1. The van der Waals surface area contributed by atoms with Crippen molar-refractivity contribution in [2.75, 3.05) is 19.6 Å². The molecule has 1 aromatic carbocycles. The van der Waals surface area contributed by atoms with Crippen molar-refractivity contribution >= 4 is 34.8 Å². The summed E-state index contributed by atoms with van der Waals surface area (Å²) >= 11 is 7.47. The highest BCUT2D eigenvalue weighted by Crippen LogP contribution is 2.31. The summed E-state index contributed by atoms with van der Waals surface area (Å²) in [4.78, 5) is 32.1.